The van der Waals surface area contributed by atoms with Gasteiger partial charge in [0.2, 0.25) is 5.13 Å². The summed E-state index contributed by atoms with van der Waals surface area (Å²) in [6.07, 6.45) is 5.38. The summed E-state index contributed by atoms with van der Waals surface area (Å²) >= 11 is 1.68. The minimum Gasteiger partial charge on any atom is -0.346 e. The molecule has 2 fully saturated rings. The molecule has 0 bridgehead atoms. The Morgan fingerprint density at radius 1 is 1.30 bits per heavy atom. The van der Waals surface area contributed by atoms with E-state index in [1.807, 2.05) is 5.51 Å². The lowest BCUT2D eigenvalue weighted by molar-refractivity contribution is 0.215. The van der Waals surface area contributed by atoms with Crippen LogP contribution >= 0.6 is 11.3 Å². The Hall–Kier alpha value is -0.680. The van der Waals surface area contributed by atoms with E-state index in [9.17, 15) is 0 Å². The molecule has 1 aromatic rings. The minimum atomic E-state index is 0.515. The van der Waals surface area contributed by atoms with Gasteiger partial charge in [0.25, 0.3) is 0 Å². The Bertz CT molecular complexity index is 420. The van der Waals surface area contributed by atoms with Crippen LogP contribution in [0, 0.1) is 11.3 Å². The van der Waals surface area contributed by atoms with Crippen molar-refractivity contribution in [3.05, 3.63) is 5.51 Å². The van der Waals surface area contributed by atoms with E-state index in [2.05, 4.69) is 33.8 Å². The maximum absolute atomic E-state index is 4.25. The Morgan fingerprint density at radius 3 is 2.95 bits per heavy atom. The first-order valence-corrected chi connectivity index (χ1v) is 8.78. The van der Waals surface area contributed by atoms with Crippen LogP contribution in [0.2, 0.25) is 0 Å². The number of hydrogen-bond acceptors (Lipinski definition) is 5. The van der Waals surface area contributed by atoms with Crippen LogP contribution in [0.5, 0.6) is 0 Å². The molecule has 0 unspecified atom stereocenters. The van der Waals surface area contributed by atoms with E-state index in [1.165, 1.54) is 51.9 Å². The molecule has 0 aliphatic carbocycles. The quantitative estimate of drug-likeness (QED) is 0.855. The third kappa shape index (κ3) is 3.14. The van der Waals surface area contributed by atoms with Crippen molar-refractivity contribution in [2.45, 2.75) is 39.5 Å². The summed E-state index contributed by atoms with van der Waals surface area (Å²) in [5, 5.41) is 9.36. The van der Waals surface area contributed by atoms with Gasteiger partial charge in [-0.1, -0.05) is 25.2 Å². The third-order valence-corrected chi connectivity index (χ3v) is 5.57. The van der Waals surface area contributed by atoms with Crippen molar-refractivity contribution in [3.8, 4) is 0 Å². The van der Waals surface area contributed by atoms with Crippen molar-refractivity contribution >= 4 is 16.5 Å². The molecule has 2 saturated heterocycles. The molecule has 0 N–H and O–H groups in total. The summed E-state index contributed by atoms with van der Waals surface area (Å²) in [5.74, 6) is 0.816. The van der Waals surface area contributed by atoms with Crippen LogP contribution in [0.3, 0.4) is 0 Å². The molecule has 0 amide bonds. The van der Waals surface area contributed by atoms with Gasteiger partial charge >= 0.3 is 0 Å². The van der Waals surface area contributed by atoms with Crippen molar-refractivity contribution in [2.75, 3.05) is 37.6 Å². The minimum absolute atomic E-state index is 0.515. The smallest absolute Gasteiger partial charge is 0.208 e. The number of piperidine rings is 1. The Labute approximate surface area is 126 Å². The molecular formula is C15H26N4S. The molecule has 0 aromatic carbocycles. The van der Waals surface area contributed by atoms with Gasteiger partial charge in [-0.05, 0) is 44.7 Å². The molecule has 2 aliphatic rings. The molecule has 1 aromatic heterocycles. The van der Waals surface area contributed by atoms with Crippen LogP contribution in [-0.4, -0.2) is 47.8 Å². The summed E-state index contributed by atoms with van der Waals surface area (Å²) < 4.78 is 0. The normalized spacial score (nSPS) is 27.9. The molecule has 3 heterocycles. The van der Waals surface area contributed by atoms with Crippen LogP contribution in [0.4, 0.5) is 5.13 Å². The van der Waals surface area contributed by atoms with Crippen LogP contribution in [0.25, 0.3) is 0 Å². The molecule has 0 saturated carbocycles. The number of aromatic nitrogens is 2. The number of rotatable bonds is 4. The van der Waals surface area contributed by atoms with Crippen LogP contribution in [-0.2, 0) is 0 Å². The van der Waals surface area contributed by atoms with E-state index in [4.69, 9.17) is 0 Å². The van der Waals surface area contributed by atoms with Gasteiger partial charge in [-0.25, -0.2) is 0 Å². The molecular weight excluding hydrogens is 268 g/mol. The van der Waals surface area contributed by atoms with Crippen LogP contribution < -0.4 is 4.90 Å². The first-order valence-electron chi connectivity index (χ1n) is 7.90. The fourth-order valence-electron chi connectivity index (χ4n) is 3.67. The Morgan fingerprint density at radius 2 is 2.20 bits per heavy atom. The average Bonchev–Trinajstić information content (AvgIpc) is 3.07. The summed E-state index contributed by atoms with van der Waals surface area (Å²) in [7, 11) is 0. The number of nitrogens with zero attached hydrogens (tertiary/aromatic N) is 4. The molecule has 112 valence electrons. The summed E-state index contributed by atoms with van der Waals surface area (Å²) in [6.45, 7) is 10.8. The first-order chi connectivity index (χ1) is 9.67. The second kappa shape index (κ2) is 5.98. The molecule has 2 aliphatic heterocycles. The van der Waals surface area contributed by atoms with E-state index in [0.717, 1.165) is 17.6 Å². The second-order valence-corrected chi connectivity index (χ2v) is 7.77. The average molecular weight is 294 g/mol. The molecule has 20 heavy (non-hydrogen) atoms. The Kier molecular flexibility index (Phi) is 4.26. The zero-order chi connectivity index (χ0) is 14.0. The second-order valence-electron chi connectivity index (χ2n) is 6.96. The van der Waals surface area contributed by atoms with E-state index >= 15 is 0 Å². The van der Waals surface area contributed by atoms with Gasteiger partial charge in [0.15, 0.2) is 0 Å². The topological polar surface area (TPSA) is 32.3 Å². The monoisotopic (exact) mass is 294 g/mol. The maximum Gasteiger partial charge on any atom is 0.208 e. The Balaban J connectivity index is 1.59. The predicted octanol–water partition coefficient (Wildman–Crippen LogP) is 2.88. The summed E-state index contributed by atoms with van der Waals surface area (Å²) in [5.41, 5.74) is 2.36. The van der Waals surface area contributed by atoms with Crippen molar-refractivity contribution in [3.63, 3.8) is 0 Å². The van der Waals surface area contributed by atoms with Gasteiger partial charge in [0.05, 0.1) is 0 Å². The van der Waals surface area contributed by atoms with Crippen molar-refractivity contribution < 1.29 is 0 Å². The lowest BCUT2D eigenvalue weighted by Crippen LogP contribution is -2.45. The van der Waals surface area contributed by atoms with E-state index in [0.29, 0.717) is 5.41 Å². The van der Waals surface area contributed by atoms with E-state index in [-0.39, 0.29) is 0 Å². The summed E-state index contributed by atoms with van der Waals surface area (Å²) in [6, 6.07) is 0. The molecule has 0 radical (unpaired) electrons. The lowest BCUT2D eigenvalue weighted by atomic mass is 9.79. The van der Waals surface area contributed by atoms with Gasteiger partial charge in [-0.3, -0.25) is 0 Å². The maximum atomic E-state index is 4.25. The first kappa shape index (κ1) is 14.3. The lowest BCUT2D eigenvalue weighted by Gasteiger charge is -2.40. The molecule has 1 atom stereocenters. The predicted molar refractivity (Wildman–Crippen MR) is 84.3 cm³/mol. The SMILES string of the molecule is CC(C)CCN1CC[C@@]2(CCCN(c3nncs3)C2)C1. The number of likely N-dealkylation sites (tertiary alicyclic amines) is 1. The van der Waals surface area contributed by atoms with Crippen molar-refractivity contribution in [1.82, 2.24) is 15.1 Å². The highest BCUT2D eigenvalue weighted by molar-refractivity contribution is 7.13. The van der Waals surface area contributed by atoms with Gasteiger partial charge < -0.3 is 9.80 Å². The highest BCUT2D eigenvalue weighted by Crippen LogP contribution is 2.40. The fourth-order valence-corrected chi connectivity index (χ4v) is 4.26. The highest BCUT2D eigenvalue weighted by Gasteiger charge is 2.41. The fraction of sp³-hybridized carbons (Fsp3) is 0.867. The molecule has 1 spiro atoms. The zero-order valence-electron chi connectivity index (χ0n) is 12.7. The van der Waals surface area contributed by atoms with Gasteiger partial charge in [-0.2, -0.15) is 0 Å². The standard InChI is InChI=1S/C15H26N4S/c1-13(2)4-8-18-9-6-15(10-18)5-3-7-19(11-15)14-17-16-12-20-14/h12-13H,3-11H2,1-2H3/t15-/m0/s1. The van der Waals surface area contributed by atoms with Gasteiger partial charge in [0, 0.05) is 25.0 Å². The van der Waals surface area contributed by atoms with Gasteiger partial charge in [0.1, 0.15) is 5.51 Å². The van der Waals surface area contributed by atoms with E-state index < -0.39 is 0 Å². The number of hydrogen-bond donors (Lipinski definition) is 0. The largest absolute Gasteiger partial charge is 0.346 e. The van der Waals surface area contributed by atoms with Crippen molar-refractivity contribution in [2.24, 2.45) is 11.3 Å². The molecule has 4 nitrogen and oxygen atoms in total. The van der Waals surface area contributed by atoms with E-state index in [1.54, 1.807) is 11.3 Å². The van der Waals surface area contributed by atoms with Crippen LogP contribution in [0.15, 0.2) is 5.51 Å². The van der Waals surface area contributed by atoms with Gasteiger partial charge in [-0.15, -0.1) is 10.2 Å². The molecule has 3 rings (SSSR count). The number of anilines is 1. The summed E-state index contributed by atoms with van der Waals surface area (Å²) in [4.78, 5) is 5.15. The molecule has 5 heteroatoms. The van der Waals surface area contributed by atoms with Crippen LogP contribution in [0.1, 0.15) is 39.5 Å². The van der Waals surface area contributed by atoms with Crippen molar-refractivity contribution in [1.29, 1.82) is 0 Å². The highest BCUT2D eigenvalue weighted by atomic mass is 32.1. The zero-order valence-corrected chi connectivity index (χ0v) is 13.5. The third-order valence-electron chi connectivity index (χ3n) is 4.82.